The lowest BCUT2D eigenvalue weighted by Gasteiger charge is -2.02. The summed E-state index contributed by atoms with van der Waals surface area (Å²) < 4.78 is 17.4. The zero-order chi connectivity index (χ0) is 5.91. The Morgan fingerprint density at radius 3 is 1.71 bits per heavy atom. The minimum atomic E-state index is -3.83. The summed E-state index contributed by atoms with van der Waals surface area (Å²) in [5.41, 5.74) is 0. The van der Waals surface area contributed by atoms with Gasteiger partial charge in [-0.3, -0.25) is 0 Å². The van der Waals surface area contributed by atoms with Crippen LogP contribution in [0.15, 0.2) is 0 Å². The Bertz CT molecular complexity index is 81.7. The third-order valence-electron chi connectivity index (χ3n) is 0.231. The maximum absolute atomic E-state index is 9.97. The van der Waals surface area contributed by atoms with E-state index in [-0.39, 0.29) is 0 Å². The molecule has 0 unspecified atom stereocenters. The van der Waals surface area contributed by atoms with Crippen LogP contribution in [0.4, 0.5) is 0 Å². The number of phosphoric acid groups is 1. The first-order valence-corrected chi connectivity index (χ1v) is 3.47. The molecule has 0 fully saturated rings. The van der Waals surface area contributed by atoms with E-state index >= 15 is 0 Å². The molecule has 0 aromatic rings. The van der Waals surface area contributed by atoms with E-state index in [0.717, 1.165) is 0 Å². The molecule has 6 radical (unpaired) electrons. The fourth-order valence-corrected chi connectivity index (χ4v) is 0.503. The van der Waals surface area contributed by atoms with Gasteiger partial charge in [0.25, 0.3) is 21.0 Å². The molecule has 4 nitrogen and oxygen atoms in total. The smallest absolute Gasteiger partial charge is 0.333 e. The number of hydrogen-bond donors (Lipinski definition) is 1. The summed E-state index contributed by atoms with van der Waals surface area (Å²) in [6, 6.07) is 0. The van der Waals surface area contributed by atoms with Crippen LogP contribution in [0.5, 0.6) is 0 Å². The van der Waals surface area contributed by atoms with Crippen molar-refractivity contribution in [2.24, 2.45) is 0 Å². The number of hydrogen-bond acceptors (Lipinski definition) is 3. The first kappa shape index (κ1) is 7.54. The van der Waals surface area contributed by atoms with Crippen molar-refractivity contribution >= 4 is 28.8 Å². The molecule has 0 rings (SSSR count). The molecule has 0 spiro atoms. The normalized spacial score (nSPS) is 11.9. The van der Waals surface area contributed by atoms with Crippen molar-refractivity contribution in [3.05, 3.63) is 0 Å². The minimum Gasteiger partial charge on any atom is -0.333 e. The second-order valence-corrected chi connectivity index (χ2v) is 3.05. The molecule has 7 heteroatoms. The van der Waals surface area contributed by atoms with Gasteiger partial charge in [0, 0.05) is 0 Å². The Labute approximate surface area is 47.5 Å². The van der Waals surface area contributed by atoms with E-state index in [9.17, 15) is 4.57 Å². The van der Waals surface area contributed by atoms with Crippen LogP contribution in [0.2, 0.25) is 0 Å². The molecule has 1 N–H and O–H groups in total. The zero-order valence-corrected chi connectivity index (χ0v) is 6.01. The zero-order valence-electron chi connectivity index (χ0n) is 3.12. The van der Waals surface area contributed by atoms with Crippen LogP contribution >= 0.6 is 7.82 Å². The summed E-state index contributed by atoms with van der Waals surface area (Å²) >= 11 is 0. The Kier molecular flexibility index (Phi) is 2.97. The molecule has 0 bridgehead atoms. The molecule has 0 saturated carbocycles. The van der Waals surface area contributed by atoms with Crippen LogP contribution in [-0.4, -0.2) is 25.9 Å². The monoisotopic (exact) mass is 152 g/mol. The third kappa shape index (κ3) is 3.16. The van der Waals surface area contributed by atoms with Crippen LogP contribution in [0.1, 0.15) is 0 Å². The summed E-state index contributed by atoms with van der Waals surface area (Å²) in [7, 11) is 0.785. The fraction of sp³-hybridized carbons (Fsp3) is 0. The predicted octanol–water partition coefficient (Wildman–Crippen LogP) is -0.713. The summed E-state index contributed by atoms with van der Waals surface area (Å²) in [5.74, 6) is 0. The predicted molar refractivity (Wildman–Crippen MR) is 23.5 cm³/mol. The first-order valence-electron chi connectivity index (χ1n) is 1.16. The molecule has 0 amide bonds. The second kappa shape index (κ2) is 2.76. The Morgan fingerprint density at radius 1 is 1.43 bits per heavy atom. The van der Waals surface area contributed by atoms with E-state index in [2.05, 4.69) is 29.4 Å². The van der Waals surface area contributed by atoms with E-state index in [4.69, 9.17) is 4.89 Å². The van der Waals surface area contributed by atoms with Crippen molar-refractivity contribution in [2.75, 3.05) is 0 Å². The van der Waals surface area contributed by atoms with E-state index < -0.39 is 7.82 Å². The molecule has 7 heavy (non-hydrogen) atoms. The van der Waals surface area contributed by atoms with Gasteiger partial charge >= 0.3 is 7.82 Å². The van der Waals surface area contributed by atoms with Crippen LogP contribution in [0, 0.1) is 0 Å². The van der Waals surface area contributed by atoms with Gasteiger partial charge in [-0.1, -0.05) is 0 Å². The van der Waals surface area contributed by atoms with Crippen molar-refractivity contribution in [1.29, 1.82) is 0 Å². The highest BCUT2D eigenvalue weighted by atomic mass is 31.2. The van der Waals surface area contributed by atoms with Crippen molar-refractivity contribution < 1.29 is 17.9 Å². The molecule has 0 heterocycles. The van der Waals surface area contributed by atoms with Gasteiger partial charge in [0.05, 0.1) is 0 Å². The van der Waals surface area contributed by atoms with E-state index in [1.165, 1.54) is 0 Å². The molecule has 0 aliphatic heterocycles. The molecular weight excluding hydrogens is 151 g/mol. The van der Waals surface area contributed by atoms with Gasteiger partial charge in [-0.15, -0.1) is 0 Å². The molecule has 0 aliphatic carbocycles. The lowest BCUT2D eigenvalue weighted by Crippen LogP contribution is -1.86. The maximum Gasteiger partial charge on any atom is 0.451 e. The van der Waals surface area contributed by atoms with Gasteiger partial charge < -0.3 is 13.3 Å². The molecule has 0 aromatic carbocycles. The standard InChI is InChI=1S/HO4PSi2/c1-5(2,3-6)4-7/h(H,1,2). The summed E-state index contributed by atoms with van der Waals surface area (Å²) in [6.07, 6.45) is 0. The highest BCUT2D eigenvalue weighted by Gasteiger charge is 2.12. The van der Waals surface area contributed by atoms with E-state index in [0.29, 0.717) is 0 Å². The highest BCUT2D eigenvalue weighted by Crippen LogP contribution is 2.39. The van der Waals surface area contributed by atoms with Gasteiger partial charge in [0.1, 0.15) is 0 Å². The fourth-order valence-electron chi connectivity index (χ4n) is 0.0186. The maximum atomic E-state index is 9.97. The minimum absolute atomic E-state index is 2.31. The second-order valence-electron chi connectivity index (χ2n) is 0.651. The van der Waals surface area contributed by atoms with Crippen molar-refractivity contribution in [1.82, 2.24) is 0 Å². The van der Waals surface area contributed by atoms with Gasteiger partial charge in [0.2, 0.25) is 0 Å². The first-order chi connectivity index (χ1) is 3.12. The average molecular weight is 152 g/mol. The number of rotatable bonds is 2. The molecule has 0 aliphatic rings. The van der Waals surface area contributed by atoms with Crippen molar-refractivity contribution in [3.8, 4) is 0 Å². The van der Waals surface area contributed by atoms with Crippen molar-refractivity contribution in [2.45, 2.75) is 0 Å². The van der Waals surface area contributed by atoms with Gasteiger partial charge in [-0.05, 0) is 0 Å². The molecule has 38 valence electrons. The van der Waals surface area contributed by atoms with Crippen LogP contribution < -0.4 is 0 Å². The van der Waals surface area contributed by atoms with Gasteiger partial charge in [-0.2, -0.15) is 0 Å². The topological polar surface area (TPSA) is 55.8 Å². The van der Waals surface area contributed by atoms with Crippen molar-refractivity contribution in [3.63, 3.8) is 0 Å². The lowest BCUT2D eigenvalue weighted by molar-refractivity contribution is 0.309. The third-order valence-corrected chi connectivity index (χ3v) is 2.08. The molecule has 0 saturated heterocycles. The Balaban J connectivity index is 3.61. The summed E-state index contributed by atoms with van der Waals surface area (Å²) in [6.45, 7) is 0. The SMILES string of the molecule is O=P(O)(O[Si])O[Si]. The lowest BCUT2D eigenvalue weighted by atomic mass is 15.7. The van der Waals surface area contributed by atoms with Crippen LogP contribution in [-0.2, 0) is 13.0 Å². The summed E-state index contributed by atoms with van der Waals surface area (Å²) in [5, 5.41) is 0. The Morgan fingerprint density at radius 2 is 1.71 bits per heavy atom. The Hall–Kier alpha value is 0.544. The molecular formula is HO4PSi2. The molecule has 0 atom stereocenters. The largest absolute Gasteiger partial charge is 0.451 e. The van der Waals surface area contributed by atoms with E-state index in [1.54, 1.807) is 0 Å². The average Bonchev–Trinajstić information content (AvgIpc) is 1.68. The van der Waals surface area contributed by atoms with Gasteiger partial charge in [-0.25, -0.2) is 4.57 Å². The van der Waals surface area contributed by atoms with E-state index in [1.807, 2.05) is 0 Å². The van der Waals surface area contributed by atoms with Gasteiger partial charge in [0.15, 0.2) is 0 Å². The quantitative estimate of drug-likeness (QED) is 0.419. The van der Waals surface area contributed by atoms with Crippen LogP contribution in [0.3, 0.4) is 0 Å². The molecule has 0 aromatic heterocycles. The van der Waals surface area contributed by atoms with Crippen LogP contribution in [0.25, 0.3) is 0 Å². The summed E-state index contributed by atoms with van der Waals surface area (Å²) in [4.78, 5) is 8.15. The highest BCUT2D eigenvalue weighted by molar-refractivity contribution is 7.49.